The van der Waals surface area contributed by atoms with Crippen LogP contribution in [0.25, 0.3) is 10.9 Å². The highest BCUT2D eigenvalue weighted by Gasteiger charge is 2.51. The number of hydrogen-bond donors (Lipinski definition) is 1. The number of carbonyl (C=O) groups excluding carboxylic acids is 2. The number of hydrazone groups is 1. The number of para-hydroxylation sites is 1. The number of benzene rings is 2. The predicted molar refractivity (Wildman–Crippen MR) is 121 cm³/mol. The molecule has 1 aromatic heterocycles. The summed E-state index contributed by atoms with van der Waals surface area (Å²) in [6.07, 6.45) is 1.88. The van der Waals surface area contributed by atoms with Crippen LogP contribution in [0.2, 0.25) is 10.0 Å². The van der Waals surface area contributed by atoms with Crippen molar-refractivity contribution in [2.75, 3.05) is 6.54 Å². The Balaban J connectivity index is 1.53. The molecule has 3 heterocycles. The largest absolute Gasteiger partial charge is 0.356 e. The van der Waals surface area contributed by atoms with E-state index in [4.69, 9.17) is 23.2 Å². The van der Waals surface area contributed by atoms with Crippen molar-refractivity contribution in [2.45, 2.75) is 31.8 Å². The minimum absolute atomic E-state index is 0.132. The van der Waals surface area contributed by atoms with Crippen molar-refractivity contribution in [1.82, 2.24) is 14.9 Å². The van der Waals surface area contributed by atoms with Crippen molar-refractivity contribution in [2.24, 2.45) is 5.10 Å². The maximum absolute atomic E-state index is 13.4. The number of amides is 2. The van der Waals surface area contributed by atoms with Gasteiger partial charge in [0.2, 0.25) is 5.91 Å². The van der Waals surface area contributed by atoms with Gasteiger partial charge in [-0.05, 0) is 37.6 Å². The van der Waals surface area contributed by atoms with E-state index in [9.17, 15) is 9.59 Å². The van der Waals surface area contributed by atoms with Crippen molar-refractivity contribution in [3.63, 3.8) is 0 Å². The summed E-state index contributed by atoms with van der Waals surface area (Å²) in [6.45, 7) is 3.81. The molecule has 0 bridgehead atoms. The summed E-state index contributed by atoms with van der Waals surface area (Å²) in [6, 6.07) is 12.5. The van der Waals surface area contributed by atoms with Gasteiger partial charge in [0, 0.05) is 28.6 Å². The molecule has 0 aliphatic carbocycles. The van der Waals surface area contributed by atoms with Gasteiger partial charge in [0.15, 0.2) is 0 Å². The Labute approximate surface area is 189 Å². The smallest absolute Gasteiger partial charge is 0.266 e. The van der Waals surface area contributed by atoms with Crippen LogP contribution in [-0.2, 0) is 21.5 Å². The number of aromatic amines is 1. The first-order chi connectivity index (χ1) is 14.8. The second kappa shape index (κ2) is 7.11. The molecular formula is C23H20Cl2N4O2. The van der Waals surface area contributed by atoms with Crippen LogP contribution >= 0.6 is 23.2 Å². The SMILES string of the molecule is CC1(C)c2[nH]c3ccccc3c2CC2C(=O)N(N=Cc3c(Cl)cccc3Cl)CC(=O)N21. The second-order valence-corrected chi connectivity index (χ2v) is 9.16. The maximum Gasteiger partial charge on any atom is 0.266 e. The Morgan fingerprint density at radius 3 is 2.55 bits per heavy atom. The first-order valence-corrected chi connectivity index (χ1v) is 10.8. The topological polar surface area (TPSA) is 68.8 Å². The van der Waals surface area contributed by atoms with Crippen LogP contribution in [0.3, 0.4) is 0 Å². The fourth-order valence-electron chi connectivity index (χ4n) is 4.73. The minimum Gasteiger partial charge on any atom is -0.356 e. The van der Waals surface area contributed by atoms with Crippen molar-refractivity contribution in [3.05, 3.63) is 69.3 Å². The van der Waals surface area contributed by atoms with Gasteiger partial charge in [-0.3, -0.25) is 9.59 Å². The predicted octanol–water partition coefficient (Wildman–Crippen LogP) is 4.34. The average Bonchev–Trinajstić information content (AvgIpc) is 3.10. The summed E-state index contributed by atoms with van der Waals surface area (Å²) in [5.74, 6) is -0.371. The molecule has 3 aromatic rings. The van der Waals surface area contributed by atoms with Gasteiger partial charge in [-0.25, -0.2) is 5.01 Å². The Bertz CT molecular complexity index is 1240. The van der Waals surface area contributed by atoms with E-state index in [0.717, 1.165) is 22.2 Å². The molecule has 158 valence electrons. The summed E-state index contributed by atoms with van der Waals surface area (Å²) >= 11 is 12.4. The van der Waals surface area contributed by atoms with Crippen LogP contribution in [0.15, 0.2) is 47.6 Å². The number of carbonyl (C=O) groups is 2. The zero-order valence-electron chi connectivity index (χ0n) is 17.0. The van der Waals surface area contributed by atoms with E-state index in [2.05, 4.69) is 10.1 Å². The number of piperazine rings is 1. The lowest BCUT2D eigenvalue weighted by atomic mass is 9.82. The number of aromatic nitrogens is 1. The molecule has 5 rings (SSSR count). The lowest BCUT2D eigenvalue weighted by Gasteiger charge is -2.50. The van der Waals surface area contributed by atoms with Gasteiger partial charge in [-0.2, -0.15) is 5.10 Å². The molecule has 2 aliphatic rings. The highest BCUT2D eigenvalue weighted by molar-refractivity contribution is 6.38. The number of hydrogen-bond acceptors (Lipinski definition) is 3. The van der Waals surface area contributed by atoms with Crippen molar-refractivity contribution >= 4 is 52.1 Å². The van der Waals surface area contributed by atoms with Gasteiger partial charge in [0.25, 0.3) is 5.91 Å². The maximum atomic E-state index is 13.4. The van der Waals surface area contributed by atoms with Gasteiger partial charge in [0.1, 0.15) is 12.6 Å². The lowest BCUT2D eigenvalue weighted by molar-refractivity contribution is -0.163. The van der Waals surface area contributed by atoms with Crippen LogP contribution in [0.1, 0.15) is 30.7 Å². The van der Waals surface area contributed by atoms with E-state index in [1.807, 2.05) is 38.1 Å². The molecule has 0 saturated carbocycles. The molecule has 2 aliphatic heterocycles. The second-order valence-electron chi connectivity index (χ2n) is 8.34. The zero-order valence-corrected chi connectivity index (χ0v) is 18.5. The average molecular weight is 455 g/mol. The Morgan fingerprint density at radius 1 is 1.10 bits per heavy atom. The van der Waals surface area contributed by atoms with Crippen molar-refractivity contribution in [1.29, 1.82) is 0 Å². The van der Waals surface area contributed by atoms with E-state index in [1.54, 1.807) is 23.1 Å². The van der Waals surface area contributed by atoms with Crippen LogP contribution < -0.4 is 0 Å². The number of halogens is 2. The number of nitrogens with one attached hydrogen (secondary N) is 1. The third-order valence-corrected chi connectivity index (χ3v) is 6.82. The number of fused-ring (bicyclic) bond motifs is 4. The monoisotopic (exact) mass is 454 g/mol. The normalized spacial score (nSPS) is 20.5. The van der Waals surface area contributed by atoms with Gasteiger partial charge < -0.3 is 9.88 Å². The van der Waals surface area contributed by atoms with E-state index < -0.39 is 11.6 Å². The van der Waals surface area contributed by atoms with Gasteiger partial charge in [-0.1, -0.05) is 47.5 Å². The third-order valence-electron chi connectivity index (χ3n) is 6.16. The minimum atomic E-state index is -0.647. The molecule has 2 aromatic carbocycles. The molecule has 1 N–H and O–H groups in total. The highest BCUT2D eigenvalue weighted by atomic mass is 35.5. The molecule has 1 fully saturated rings. The quantitative estimate of drug-likeness (QED) is 0.585. The van der Waals surface area contributed by atoms with Gasteiger partial charge in [0.05, 0.1) is 21.8 Å². The fourth-order valence-corrected chi connectivity index (χ4v) is 5.22. The molecule has 6 nitrogen and oxygen atoms in total. The van der Waals surface area contributed by atoms with Crippen LogP contribution in [0.4, 0.5) is 0 Å². The molecule has 1 atom stereocenters. The summed E-state index contributed by atoms with van der Waals surface area (Å²) in [7, 11) is 0. The molecule has 0 spiro atoms. The number of nitrogens with zero attached hydrogens (tertiary/aromatic N) is 3. The summed E-state index contributed by atoms with van der Waals surface area (Å²) < 4.78 is 0. The van der Waals surface area contributed by atoms with E-state index >= 15 is 0 Å². The molecule has 31 heavy (non-hydrogen) atoms. The molecule has 0 radical (unpaired) electrons. The van der Waals surface area contributed by atoms with Crippen LogP contribution in [0, 0.1) is 0 Å². The molecule has 1 unspecified atom stereocenters. The van der Waals surface area contributed by atoms with Crippen LogP contribution in [-0.4, -0.2) is 45.5 Å². The molecule has 8 heteroatoms. The number of rotatable bonds is 2. The first kappa shape index (κ1) is 20.1. The van der Waals surface area contributed by atoms with E-state index in [-0.39, 0.29) is 18.4 Å². The van der Waals surface area contributed by atoms with Crippen LogP contribution in [0.5, 0.6) is 0 Å². The van der Waals surface area contributed by atoms with Gasteiger partial charge in [-0.15, -0.1) is 0 Å². The van der Waals surface area contributed by atoms with Crippen molar-refractivity contribution < 1.29 is 9.59 Å². The summed E-state index contributed by atoms with van der Waals surface area (Å²) in [4.78, 5) is 31.7. The standard InChI is InChI=1S/C23H20Cl2N4O2/c1-23(2)21-14(13-6-3-4-9-18(13)27-21)10-19-22(31)28(12-20(30)29(19)23)26-11-15-16(24)7-5-8-17(15)25/h3-9,11,19,27H,10,12H2,1-2H3. The van der Waals surface area contributed by atoms with E-state index in [0.29, 0.717) is 22.0 Å². The fraction of sp³-hybridized carbons (Fsp3) is 0.261. The molecule has 1 saturated heterocycles. The Morgan fingerprint density at radius 2 is 1.81 bits per heavy atom. The first-order valence-electron chi connectivity index (χ1n) is 10.0. The van der Waals surface area contributed by atoms with Gasteiger partial charge >= 0.3 is 0 Å². The summed E-state index contributed by atoms with van der Waals surface area (Å²) in [5, 5.41) is 7.44. The van der Waals surface area contributed by atoms with Crippen molar-refractivity contribution in [3.8, 4) is 0 Å². The zero-order chi connectivity index (χ0) is 21.9. The molecule has 2 amide bonds. The lowest BCUT2D eigenvalue weighted by Crippen LogP contribution is -2.66. The summed E-state index contributed by atoms with van der Waals surface area (Å²) in [5.41, 5.74) is 2.92. The third kappa shape index (κ3) is 3.05. The molecular weight excluding hydrogens is 435 g/mol. The Kier molecular flexibility index (Phi) is 4.61. The Hall–Kier alpha value is -2.83. The number of H-pyrrole nitrogens is 1. The van der Waals surface area contributed by atoms with E-state index in [1.165, 1.54) is 11.2 Å². The highest BCUT2D eigenvalue weighted by Crippen LogP contribution is 2.42.